The van der Waals surface area contributed by atoms with Crippen molar-refractivity contribution in [3.8, 4) is 11.5 Å². The molecule has 98 valence electrons. The predicted octanol–water partition coefficient (Wildman–Crippen LogP) is 4.29. The van der Waals surface area contributed by atoms with Gasteiger partial charge in [-0.1, -0.05) is 50.3 Å². The topological polar surface area (TPSA) is 40.5 Å². The zero-order valence-electron chi connectivity index (χ0n) is 11.2. The molecular weight excluding hydrogens is 236 g/mol. The van der Waals surface area contributed by atoms with E-state index in [2.05, 4.69) is 26.0 Å². The van der Waals surface area contributed by atoms with Crippen molar-refractivity contribution < 1.29 is 10.2 Å². The maximum absolute atomic E-state index is 9.53. The van der Waals surface area contributed by atoms with Gasteiger partial charge in [0.25, 0.3) is 0 Å². The van der Waals surface area contributed by atoms with Crippen molar-refractivity contribution in [2.45, 2.75) is 13.8 Å². The van der Waals surface area contributed by atoms with Crippen LogP contribution in [0.4, 0.5) is 0 Å². The third-order valence-corrected chi connectivity index (χ3v) is 2.98. The van der Waals surface area contributed by atoms with Crippen LogP contribution < -0.4 is 0 Å². The Hall–Kier alpha value is -2.22. The molecule has 0 radical (unpaired) electrons. The van der Waals surface area contributed by atoms with Crippen LogP contribution in [0, 0.1) is 5.92 Å². The van der Waals surface area contributed by atoms with Crippen LogP contribution in [0.3, 0.4) is 0 Å². The van der Waals surface area contributed by atoms with Gasteiger partial charge < -0.3 is 10.2 Å². The highest BCUT2D eigenvalue weighted by molar-refractivity contribution is 5.82. The van der Waals surface area contributed by atoms with E-state index in [9.17, 15) is 10.2 Å². The van der Waals surface area contributed by atoms with Crippen molar-refractivity contribution in [3.63, 3.8) is 0 Å². The molecular formula is C17H18O2. The van der Waals surface area contributed by atoms with Gasteiger partial charge in [-0.2, -0.15) is 0 Å². The van der Waals surface area contributed by atoms with Gasteiger partial charge in [0.2, 0.25) is 0 Å². The summed E-state index contributed by atoms with van der Waals surface area (Å²) in [6.07, 6.45) is 2.00. The summed E-state index contributed by atoms with van der Waals surface area (Å²) >= 11 is 0. The molecule has 0 aliphatic rings. The predicted molar refractivity (Wildman–Crippen MR) is 78.9 cm³/mol. The SMILES string of the molecule is CC(C)C(=Cc1cc(O)cc(O)c1)c1ccccc1. The van der Waals surface area contributed by atoms with Gasteiger partial charge in [0, 0.05) is 6.07 Å². The molecule has 0 amide bonds. The van der Waals surface area contributed by atoms with Gasteiger partial charge in [0.15, 0.2) is 0 Å². The molecule has 0 unspecified atom stereocenters. The Morgan fingerprint density at radius 2 is 1.53 bits per heavy atom. The number of hydrogen-bond acceptors (Lipinski definition) is 2. The van der Waals surface area contributed by atoms with Crippen LogP contribution in [-0.4, -0.2) is 10.2 Å². The Bertz CT molecular complexity index is 563. The van der Waals surface area contributed by atoms with Gasteiger partial charge in [-0.25, -0.2) is 0 Å². The van der Waals surface area contributed by atoms with Crippen LogP contribution in [0.15, 0.2) is 48.5 Å². The van der Waals surface area contributed by atoms with Crippen molar-refractivity contribution in [1.29, 1.82) is 0 Å². The lowest BCUT2D eigenvalue weighted by Gasteiger charge is -2.12. The summed E-state index contributed by atoms with van der Waals surface area (Å²) in [6, 6.07) is 14.7. The van der Waals surface area contributed by atoms with Crippen molar-refractivity contribution in [2.75, 3.05) is 0 Å². The van der Waals surface area contributed by atoms with E-state index in [1.165, 1.54) is 11.6 Å². The zero-order valence-corrected chi connectivity index (χ0v) is 11.2. The van der Waals surface area contributed by atoms with E-state index < -0.39 is 0 Å². The van der Waals surface area contributed by atoms with Crippen LogP contribution in [0.25, 0.3) is 11.6 Å². The van der Waals surface area contributed by atoms with Crippen LogP contribution in [0.5, 0.6) is 11.5 Å². The number of phenols is 2. The number of benzene rings is 2. The van der Waals surface area contributed by atoms with Crippen molar-refractivity contribution in [3.05, 3.63) is 59.7 Å². The summed E-state index contributed by atoms with van der Waals surface area (Å²) in [5.41, 5.74) is 3.12. The summed E-state index contributed by atoms with van der Waals surface area (Å²) in [4.78, 5) is 0. The molecule has 0 aliphatic carbocycles. The lowest BCUT2D eigenvalue weighted by atomic mass is 9.93. The second-order valence-electron chi connectivity index (χ2n) is 4.90. The fourth-order valence-corrected chi connectivity index (χ4v) is 2.09. The molecule has 19 heavy (non-hydrogen) atoms. The van der Waals surface area contributed by atoms with E-state index in [1.807, 2.05) is 24.3 Å². The summed E-state index contributed by atoms with van der Waals surface area (Å²) in [7, 11) is 0. The Labute approximate surface area is 113 Å². The van der Waals surface area contributed by atoms with Gasteiger partial charge in [0.1, 0.15) is 11.5 Å². The number of phenolic OH excluding ortho intramolecular Hbond substituents is 2. The average Bonchev–Trinajstić information content (AvgIpc) is 2.35. The van der Waals surface area contributed by atoms with E-state index in [4.69, 9.17) is 0 Å². The maximum atomic E-state index is 9.53. The van der Waals surface area contributed by atoms with Crippen molar-refractivity contribution in [2.24, 2.45) is 5.92 Å². The van der Waals surface area contributed by atoms with Crippen LogP contribution >= 0.6 is 0 Å². The van der Waals surface area contributed by atoms with E-state index >= 15 is 0 Å². The molecule has 0 bridgehead atoms. The van der Waals surface area contributed by atoms with Crippen LogP contribution in [-0.2, 0) is 0 Å². The number of allylic oxidation sites excluding steroid dienone is 1. The van der Waals surface area contributed by atoms with Gasteiger partial charge in [0.05, 0.1) is 0 Å². The second kappa shape index (κ2) is 5.61. The molecule has 0 atom stereocenters. The first-order valence-electron chi connectivity index (χ1n) is 6.36. The molecule has 2 aromatic rings. The molecule has 0 aliphatic heterocycles. The highest BCUT2D eigenvalue weighted by atomic mass is 16.3. The summed E-state index contributed by atoms with van der Waals surface area (Å²) in [6.45, 7) is 4.25. The van der Waals surface area contributed by atoms with E-state index in [1.54, 1.807) is 12.1 Å². The molecule has 2 nitrogen and oxygen atoms in total. The second-order valence-corrected chi connectivity index (χ2v) is 4.90. The number of aromatic hydroxyl groups is 2. The molecule has 2 aromatic carbocycles. The quantitative estimate of drug-likeness (QED) is 0.802. The third kappa shape index (κ3) is 3.38. The third-order valence-electron chi connectivity index (χ3n) is 2.98. The van der Waals surface area contributed by atoms with E-state index in [0.717, 1.165) is 11.1 Å². The monoisotopic (exact) mass is 254 g/mol. The molecule has 0 aromatic heterocycles. The minimum Gasteiger partial charge on any atom is -0.508 e. The smallest absolute Gasteiger partial charge is 0.119 e. The number of rotatable bonds is 3. The fraction of sp³-hybridized carbons (Fsp3) is 0.176. The summed E-state index contributed by atoms with van der Waals surface area (Å²) < 4.78 is 0. The molecule has 2 heteroatoms. The van der Waals surface area contributed by atoms with E-state index in [-0.39, 0.29) is 11.5 Å². The van der Waals surface area contributed by atoms with E-state index in [0.29, 0.717) is 5.92 Å². The van der Waals surface area contributed by atoms with Gasteiger partial charge in [-0.05, 0) is 34.8 Å². The molecule has 0 spiro atoms. The fourth-order valence-electron chi connectivity index (χ4n) is 2.09. The zero-order chi connectivity index (χ0) is 13.8. The molecule has 2 rings (SSSR count). The lowest BCUT2D eigenvalue weighted by Crippen LogP contribution is -1.93. The first-order chi connectivity index (χ1) is 9.06. The Morgan fingerprint density at radius 1 is 0.947 bits per heavy atom. The van der Waals surface area contributed by atoms with Crippen molar-refractivity contribution >= 4 is 11.6 Å². The first kappa shape index (κ1) is 13.2. The minimum absolute atomic E-state index is 0.0717. The maximum Gasteiger partial charge on any atom is 0.119 e. The van der Waals surface area contributed by atoms with Crippen LogP contribution in [0.2, 0.25) is 0 Å². The Balaban J connectivity index is 2.47. The standard InChI is InChI=1S/C17H18O2/c1-12(2)17(14-6-4-3-5-7-14)10-13-8-15(18)11-16(19)9-13/h3-12,18-19H,1-2H3. The molecule has 0 fully saturated rings. The highest BCUT2D eigenvalue weighted by Crippen LogP contribution is 2.28. The van der Waals surface area contributed by atoms with Crippen LogP contribution in [0.1, 0.15) is 25.0 Å². The van der Waals surface area contributed by atoms with Gasteiger partial charge >= 0.3 is 0 Å². The largest absolute Gasteiger partial charge is 0.508 e. The molecule has 0 saturated heterocycles. The minimum atomic E-state index is 0.0717. The summed E-state index contributed by atoms with van der Waals surface area (Å²) in [5, 5.41) is 19.1. The summed E-state index contributed by atoms with van der Waals surface area (Å²) in [5.74, 6) is 0.497. The first-order valence-corrected chi connectivity index (χ1v) is 6.36. The van der Waals surface area contributed by atoms with Gasteiger partial charge in [-0.3, -0.25) is 0 Å². The molecule has 0 saturated carbocycles. The Kier molecular flexibility index (Phi) is 3.91. The highest BCUT2D eigenvalue weighted by Gasteiger charge is 2.07. The number of hydrogen-bond donors (Lipinski definition) is 2. The lowest BCUT2D eigenvalue weighted by molar-refractivity contribution is 0.450. The normalized spacial score (nSPS) is 11.8. The van der Waals surface area contributed by atoms with Gasteiger partial charge in [-0.15, -0.1) is 0 Å². The molecule has 2 N–H and O–H groups in total. The molecule has 0 heterocycles. The average molecular weight is 254 g/mol. The van der Waals surface area contributed by atoms with Crippen molar-refractivity contribution in [1.82, 2.24) is 0 Å². The Morgan fingerprint density at radius 3 is 2.05 bits per heavy atom.